The number of nitrogens with zero attached hydrogens (tertiary/aromatic N) is 3. The topological polar surface area (TPSA) is 62.5 Å². The summed E-state index contributed by atoms with van der Waals surface area (Å²) in [4.78, 5) is 21.6. The molecule has 0 aliphatic carbocycles. The average molecular weight is 372 g/mol. The highest BCUT2D eigenvalue weighted by Crippen LogP contribution is 2.29. The molecule has 1 unspecified atom stereocenters. The molecule has 2 N–H and O–H groups in total. The molecule has 28 heavy (non-hydrogen) atoms. The zero-order chi connectivity index (χ0) is 19.3. The molecule has 0 radical (unpaired) electrons. The predicted octanol–water partition coefficient (Wildman–Crippen LogP) is 3.29. The van der Waals surface area contributed by atoms with Gasteiger partial charge in [0.2, 0.25) is 0 Å². The molecule has 0 saturated carbocycles. The Morgan fingerprint density at radius 3 is 2.14 bits per heavy atom. The molecule has 1 atom stereocenters. The minimum Gasteiger partial charge on any atom is -0.368 e. The molecule has 0 bridgehead atoms. The highest BCUT2D eigenvalue weighted by molar-refractivity contribution is 6.01. The van der Waals surface area contributed by atoms with E-state index in [4.69, 9.17) is 5.73 Å². The molecule has 2 aromatic carbocycles. The first-order valence-electron chi connectivity index (χ1n) is 9.58. The molecule has 1 fully saturated rings. The van der Waals surface area contributed by atoms with E-state index in [0.29, 0.717) is 5.56 Å². The molecule has 3 aromatic rings. The van der Waals surface area contributed by atoms with Gasteiger partial charge in [-0.15, -0.1) is 0 Å². The van der Waals surface area contributed by atoms with E-state index in [2.05, 4.69) is 20.9 Å². The summed E-state index contributed by atoms with van der Waals surface area (Å²) in [5.74, 6) is -0.0523. The number of nitrogens with two attached hydrogens (primary N) is 1. The van der Waals surface area contributed by atoms with Gasteiger partial charge in [-0.05, 0) is 18.2 Å². The van der Waals surface area contributed by atoms with Crippen LogP contribution in [0, 0.1) is 0 Å². The van der Waals surface area contributed by atoms with Crippen LogP contribution in [0.15, 0.2) is 79.1 Å². The van der Waals surface area contributed by atoms with E-state index in [9.17, 15) is 4.79 Å². The Hall–Kier alpha value is -3.18. The Morgan fingerprint density at radius 2 is 1.43 bits per heavy atom. The van der Waals surface area contributed by atoms with Crippen LogP contribution in [0.2, 0.25) is 0 Å². The lowest BCUT2D eigenvalue weighted by Gasteiger charge is -2.38. The maximum Gasteiger partial charge on any atom is 0.184 e. The molecule has 1 aromatic heterocycles. The van der Waals surface area contributed by atoms with Gasteiger partial charge in [0, 0.05) is 61.1 Å². The highest BCUT2D eigenvalue weighted by Gasteiger charge is 2.24. The second-order valence-electron chi connectivity index (χ2n) is 6.95. The zero-order valence-corrected chi connectivity index (χ0v) is 15.7. The van der Waals surface area contributed by atoms with Crippen LogP contribution in [0.25, 0.3) is 0 Å². The van der Waals surface area contributed by atoms with Gasteiger partial charge in [-0.2, -0.15) is 0 Å². The van der Waals surface area contributed by atoms with Crippen molar-refractivity contribution in [3.05, 3.63) is 90.3 Å². The first-order valence-corrected chi connectivity index (χ1v) is 9.58. The SMILES string of the molecule is NC(C(=O)c1ccccc1)c1ccccc1N1CCN(c2ccncc2)CC1. The number of ketones is 1. The van der Waals surface area contributed by atoms with Gasteiger partial charge in [-0.1, -0.05) is 48.5 Å². The van der Waals surface area contributed by atoms with Gasteiger partial charge < -0.3 is 15.5 Å². The summed E-state index contributed by atoms with van der Waals surface area (Å²) in [5.41, 5.74) is 10.2. The number of hydrogen-bond acceptors (Lipinski definition) is 5. The number of hydrogen-bond donors (Lipinski definition) is 1. The normalized spacial score (nSPS) is 15.3. The first kappa shape index (κ1) is 18.2. The molecule has 0 amide bonds. The molecule has 4 rings (SSSR count). The molecule has 2 heterocycles. The molecule has 0 spiro atoms. The van der Waals surface area contributed by atoms with Gasteiger partial charge in [0.25, 0.3) is 0 Å². The summed E-state index contributed by atoms with van der Waals surface area (Å²) < 4.78 is 0. The fourth-order valence-electron chi connectivity index (χ4n) is 3.72. The van der Waals surface area contributed by atoms with E-state index >= 15 is 0 Å². The number of carbonyl (C=O) groups is 1. The summed E-state index contributed by atoms with van der Waals surface area (Å²) in [5, 5.41) is 0. The molecule has 1 aliphatic heterocycles. The highest BCUT2D eigenvalue weighted by atomic mass is 16.1. The van der Waals surface area contributed by atoms with Crippen molar-refractivity contribution in [1.82, 2.24) is 4.98 Å². The summed E-state index contributed by atoms with van der Waals surface area (Å²) in [7, 11) is 0. The van der Waals surface area contributed by atoms with Crippen LogP contribution in [0.3, 0.4) is 0 Å². The monoisotopic (exact) mass is 372 g/mol. The fraction of sp³-hybridized carbons (Fsp3) is 0.217. The molecule has 1 aliphatic rings. The van der Waals surface area contributed by atoms with E-state index in [1.165, 1.54) is 5.69 Å². The maximum absolute atomic E-state index is 12.9. The van der Waals surface area contributed by atoms with Gasteiger partial charge in [-0.3, -0.25) is 9.78 Å². The minimum atomic E-state index is -0.670. The summed E-state index contributed by atoms with van der Waals surface area (Å²) in [6, 6.07) is 20.7. The van der Waals surface area contributed by atoms with Crippen LogP contribution >= 0.6 is 0 Å². The van der Waals surface area contributed by atoms with E-state index in [0.717, 1.165) is 37.4 Å². The van der Waals surface area contributed by atoms with Gasteiger partial charge in [-0.25, -0.2) is 0 Å². The van der Waals surface area contributed by atoms with Crippen molar-refractivity contribution in [2.24, 2.45) is 5.73 Å². The van der Waals surface area contributed by atoms with Gasteiger partial charge in [0.1, 0.15) is 0 Å². The quantitative estimate of drug-likeness (QED) is 0.697. The van der Waals surface area contributed by atoms with Crippen molar-refractivity contribution in [3.63, 3.8) is 0 Å². The lowest BCUT2D eigenvalue weighted by Crippen LogP contribution is -2.47. The third-order valence-electron chi connectivity index (χ3n) is 5.26. The number of piperazine rings is 1. The van der Waals surface area contributed by atoms with Crippen LogP contribution in [0.4, 0.5) is 11.4 Å². The van der Waals surface area contributed by atoms with Crippen molar-refractivity contribution in [1.29, 1.82) is 0 Å². The Balaban J connectivity index is 1.51. The number of para-hydroxylation sites is 1. The van der Waals surface area contributed by atoms with Crippen molar-refractivity contribution >= 4 is 17.2 Å². The number of Topliss-reactive ketones (excluding diaryl/α,β-unsaturated/α-hetero) is 1. The number of benzene rings is 2. The van der Waals surface area contributed by atoms with E-state index in [-0.39, 0.29) is 5.78 Å². The zero-order valence-electron chi connectivity index (χ0n) is 15.7. The third kappa shape index (κ3) is 3.75. The fourth-order valence-corrected chi connectivity index (χ4v) is 3.72. The molecular weight excluding hydrogens is 348 g/mol. The number of rotatable bonds is 5. The van der Waals surface area contributed by atoms with Crippen LogP contribution in [0.5, 0.6) is 0 Å². The van der Waals surface area contributed by atoms with E-state index < -0.39 is 6.04 Å². The summed E-state index contributed by atoms with van der Waals surface area (Å²) in [6.45, 7) is 3.59. The molecular formula is C23H24N4O. The summed E-state index contributed by atoms with van der Waals surface area (Å²) in [6.07, 6.45) is 3.65. The van der Waals surface area contributed by atoms with Crippen LogP contribution < -0.4 is 15.5 Å². The Bertz CT molecular complexity index is 922. The predicted molar refractivity (Wildman–Crippen MR) is 113 cm³/mol. The van der Waals surface area contributed by atoms with Crippen LogP contribution in [0.1, 0.15) is 22.0 Å². The summed E-state index contributed by atoms with van der Waals surface area (Å²) >= 11 is 0. The van der Waals surface area contributed by atoms with Crippen molar-refractivity contribution in [3.8, 4) is 0 Å². The minimum absolute atomic E-state index is 0.0523. The number of pyridine rings is 1. The van der Waals surface area contributed by atoms with Crippen LogP contribution in [-0.2, 0) is 0 Å². The standard InChI is InChI=1S/C23H24N4O/c24-22(23(28)18-6-2-1-3-7-18)20-8-4-5-9-21(20)27-16-14-26(15-17-27)19-10-12-25-13-11-19/h1-13,22H,14-17,24H2. The van der Waals surface area contributed by atoms with Crippen molar-refractivity contribution in [2.45, 2.75) is 6.04 Å². The number of carbonyl (C=O) groups excluding carboxylic acids is 1. The first-order chi connectivity index (χ1) is 13.7. The molecule has 5 nitrogen and oxygen atoms in total. The lowest BCUT2D eigenvalue weighted by atomic mass is 9.96. The Morgan fingerprint density at radius 1 is 0.821 bits per heavy atom. The molecule has 1 saturated heterocycles. The third-order valence-corrected chi connectivity index (χ3v) is 5.26. The smallest absolute Gasteiger partial charge is 0.184 e. The Kier molecular flexibility index (Phi) is 5.35. The second kappa shape index (κ2) is 8.23. The van der Waals surface area contributed by atoms with Crippen molar-refractivity contribution < 1.29 is 4.79 Å². The maximum atomic E-state index is 12.9. The largest absolute Gasteiger partial charge is 0.368 e. The van der Waals surface area contributed by atoms with Crippen molar-refractivity contribution in [2.75, 3.05) is 36.0 Å². The van der Waals surface area contributed by atoms with E-state index in [1.807, 2.05) is 73.1 Å². The second-order valence-corrected chi connectivity index (χ2v) is 6.95. The average Bonchev–Trinajstić information content (AvgIpc) is 2.79. The number of anilines is 2. The molecule has 5 heteroatoms. The lowest BCUT2D eigenvalue weighted by molar-refractivity contribution is 0.0961. The van der Waals surface area contributed by atoms with Crippen LogP contribution in [-0.4, -0.2) is 36.9 Å². The van der Waals surface area contributed by atoms with Gasteiger partial charge in [0.15, 0.2) is 5.78 Å². The van der Waals surface area contributed by atoms with Gasteiger partial charge in [0.05, 0.1) is 6.04 Å². The number of aromatic nitrogens is 1. The molecule has 142 valence electrons. The van der Waals surface area contributed by atoms with Gasteiger partial charge >= 0.3 is 0 Å². The van der Waals surface area contributed by atoms with E-state index in [1.54, 1.807) is 0 Å². The Labute approximate surface area is 165 Å².